The monoisotopic (exact) mass is 402 g/mol. The van der Waals surface area contributed by atoms with Gasteiger partial charge in [-0.05, 0) is 49.9 Å². The SMILES string of the molecule is CC(=O)Nc1sc(C)c(C)c1C(=O)O[C@@H](C)C(=O)Nc1ccc(C(C)C)cc1. The zero-order valence-corrected chi connectivity index (χ0v) is 17.8. The molecule has 2 amide bonds. The third-order valence-corrected chi connectivity index (χ3v) is 5.50. The summed E-state index contributed by atoms with van der Waals surface area (Å²) in [5.41, 5.74) is 2.83. The summed E-state index contributed by atoms with van der Waals surface area (Å²) in [4.78, 5) is 37.3. The van der Waals surface area contributed by atoms with Crippen molar-refractivity contribution < 1.29 is 19.1 Å². The Morgan fingerprint density at radius 3 is 2.14 bits per heavy atom. The number of aryl methyl sites for hydroxylation is 1. The van der Waals surface area contributed by atoms with Crippen LogP contribution < -0.4 is 10.6 Å². The summed E-state index contributed by atoms with van der Waals surface area (Å²) < 4.78 is 5.35. The third-order valence-electron chi connectivity index (χ3n) is 4.38. The first kappa shape index (κ1) is 21.6. The van der Waals surface area contributed by atoms with E-state index in [2.05, 4.69) is 24.5 Å². The van der Waals surface area contributed by atoms with Gasteiger partial charge in [-0.3, -0.25) is 9.59 Å². The number of thiophene rings is 1. The van der Waals surface area contributed by atoms with E-state index in [1.807, 2.05) is 31.2 Å². The summed E-state index contributed by atoms with van der Waals surface area (Å²) in [6.07, 6.45) is -0.984. The average Bonchev–Trinajstić information content (AvgIpc) is 2.88. The van der Waals surface area contributed by atoms with Crippen LogP contribution in [0.5, 0.6) is 0 Å². The number of nitrogens with one attached hydrogen (secondary N) is 2. The molecule has 1 aromatic heterocycles. The van der Waals surface area contributed by atoms with E-state index < -0.39 is 18.0 Å². The lowest BCUT2D eigenvalue weighted by atomic mass is 10.0. The van der Waals surface area contributed by atoms with Crippen molar-refractivity contribution in [3.8, 4) is 0 Å². The summed E-state index contributed by atoms with van der Waals surface area (Å²) in [7, 11) is 0. The van der Waals surface area contributed by atoms with E-state index in [4.69, 9.17) is 4.74 Å². The number of ether oxygens (including phenoxy) is 1. The molecule has 0 bridgehead atoms. The van der Waals surface area contributed by atoms with Crippen molar-refractivity contribution in [2.45, 2.75) is 53.6 Å². The predicted octanol–water partition coefficient (Wildman–Crippen LogP) is 4.63. The molecule has 0 saturated heterocycles. The number of hydrogen-bond donors (Lipinski definition) is 2. The maximum atomic E-state index is 12.6. The summed E-state index contributed by atoms with van der Waals surface area (Å²) in [6, 6.07) is 7.55. The highest BCUT2D eigenvalue weighted by Gasteiger charge is 2.25. The van der Waals surface area contributed by atoms with Crippen LogP contribution in [0.25, 0.3) is 0 Å². The largest absolute Gasteiger partial charge is 0.449 e. The fraction of sp³-hybridized carbons (Fsp3) is 0.381. The van der Waals surface area contributed by atoms with Crippen LogP contribution in [-0.4, -0.2) is 23.9 Å². The van der Waals surface area contributed by atoms with Crippen molar-refractivity contribution in [1.29, 1.82) is 0 Å². The predicted molar refractivity (Wildman–Crippen MR) is 112 cm³/mol. The number of rotatable bonds is 6. The van der Waals surface area contributed by atoms with Gasteiger partial charge in [0.2, 0.25) is 5.91 Å². The Hall–Kier alpha value is -2.67. The molecule has 28 heavy (non-hydrogen) atoms. The van der Waals surface area contributed by atoms with Gasteiger partial charge in [0.05, 0.1) is 5.56 Å². The maximum absolute atomic E-state index is 12.6. The van der Waals surface area contributed by atoms with Crippen molar-refractivity contribution in [3.05, 3.63) is 45.8 Å². The van der Waals surface area contributed by atoms with Gasteiger partial charge in [0, 0.05) is 17.5 Å². The fourth-order valence-corrected chi connectivity index (χ4v) is 3.68. The molecule has 0 aliphatic heterocycles. The summed E-state index contributed by atoms with van der Waals surface area (Å²) in [5, 5.41) is 5.83. The Labute approximate surface area is 169 Å². The van der Waals surface area contributed by atoms with Gasteiger partial charge in [-0.15, -0.1) is 11.3 Å². The first-order valence-electron chi connectivity index (χ1n) is 9.09. The minimum absolute atomic E-state index is 0.272. The van der Waals surface area contributed by atoms with Gasteiger partial charge in [0.15, 0.2) is 6.10 Å². The Morgan fingerprint density at radius 1 is 1.00 bits per heavy atom. The standard InChI is InChI=1S/C21H26N2O4S/c1-11(2)16-7-9-17(10-8-16)23-19(25)13(4)27-21(26)18-12(3)14(5)28-20(18)22-15(6)24/h7-11,13H,1-6H3,(H,22,24)(H,23,25)/t13-/m0/s1. The molecule has 2 aromatic rings. The van der Waals surface area contributed by atoms with E-state index in [9.17, 15) is 14.4 Å². The molecule has 150 valence electrons. The highest BCUT2D eigenvalue weighted by Crippen LogP contribution is 2.33. The van der Waals surface area contributed by atoms with E-state index in [1.54, 1.807) is 6.92 Å². The van der Waals surface area contributed by atoms with E-state index >= 15 is 0 Å². The Kier molecular flexibility index (Phi) is 6.96. The van der Waals surface area contributed by atoms with Crippen molar-refractivity contribution >= 4 is 39.8 Å². The van der Waals surface area contributed by atoms with Gasteiger partial charge in [-0.25, -0.2) is 4.79 Å². The minimum Gasteiger partial charge on any atom is -0.449 e. The van der Waals surface area contributed by atoms with Crippen LogP contribution in [-0.2, 0) is 14.3 Å². The second-order valence-electron chi connectivity index (χ2n) is 6.98. The van der Waals surface area contributed by atoms with Gasteiger partial charge in [0.1, 0.15) is 5.00 Å². The van der Waals surface area contributed by atoms with Crippen LogP contribution in [0.3, 0.4) is 0 Å². The number of benzene rings is 1. The van der Waals surface area contributed by atoms with Gasteiger partial charge >= 0.3 is 5.97 Å². The van der Waals surface area contributed by atoms with E-state index in [0.29, 0.717) is 22.2 Å². The summed E-state index contributed by atoms with van der Waals surface area (Å²) >= 11 is 1.31. The molecule has 0 saturated carbocycles. The second-order valence-corrected chi connectivity index (χ2v) is 8.21. The van der Waals surface area contributed by atoms with E-state index in [1.165, 1.54) is 30.7 Å². The van der Waals surface area contributed by atoms with E-state index in [0.717, 1.165) is 10.4 Å². The second kappa shape index (κ2) is 9.01. The van der Waals surface area contributed by atoms with Gasteiger partial charge < -0.3 is 15.4 Å². The zero-order valence-electron chi connectivity index (χ0n) is 17.0. The van der Waals surface area contributed by atoms with Crippen LogP contribution in [0.1, 0.15) is 60.0 Å². The first-order valence-corrected chi connectivity index (χ1v) is 9.91. The highest BCUT2D eigenvalue weighted by atomic mass is 32.1. The molecule has 7 heteroatoms. The van der Waals surface area contributed by atoms with Gasteiger partial charge in [-0.2, -0.15) is 0 Å². The van der Waals surface area contributed by atoms with Crippen molar-refractivity contribution in [2.24, 2.45) is 0 Å². The third kappa shape index (κ3) is 5.19. The van der Waals surface area contributed by atoms with Crippen molar-refractivity contribution in [2.75, 3.05) is 10.6 Å². The van der Waals surface area contributed by atoms with Gasteiger partial charge in [0.25, 0.3) is 5.91 Å². The van der Waals surface area contributed by atoms with Crippen molar-refractivity contribution in [1.82, 2.24) is 0 Å². The Morgan fingerprint density at radius 2 is 1.61 bits per heavy atom. The van der Waals surface area contributed by atoms with E-state index in [-0.39, 0.29) is 5.91 Å². The molecule has 2 rings (SSSR count). The minimum atomic E-state index is -0.984. The van der Waals surface area contributed by atoms with Crippen LogP contribution in [0, 0.1) is 13.8 Å². The molecule has 2 N–H and O–H groups in total. The van der Waals surface area contributed by atoms with Crippen LogP contribution in [0.2, 0.25) is 0 Å². The summed E-state index contributed by atoms with van der Waals surface area (Å²) in [6.45, 7) is 10.7. The number of carbonyl (C=O) groups is 3. The molecular weight excluding hydrogens is 376 g/mol. The topological polar surface area (TPSA) is 84.5 Å². The quantitative estimate of drug-likeness (QED) is 0.690. The maximum Gasteiger partial charge on any atom is 0.342 e. The molecule has 0 radical (unpaired) electrons. The Balaban J connectivity index is 2.07. The lowest BCUT2D eigenvalue weighted by Crippen LogP contribution is -2.30. The van der Waals surface area contributed by atoms with Gasteiger partial charge in [-0.1, -0.05) is 26.0 Å². The van der Waals surface area contributed by atoms with Crippen LogP contribution in [0.15, 0.2) is 24.3 Å². The molecule has 1 atom stereocenters. The van der Waals surface area contributed by atoms with Crippen molar-refractivity contribution in [3.63, 3.8) is 0 Å². The summed E-state index contributed by atoms with van der Waals surface area (Å²) in [5.74, 6) is -0.926. The van der Waals surface area contributed by atoms with Crippen LogP contribution in [0.4, 0.5) is 10.7 Å². The number of esters is 1. The number of hydrogen-bond acceptors (Lipinski definition) is 5. The molecule has 0 unspecified atom stereocenters. The van der Waals surface area contributed by atoms with Crippen LogP contribution >= 0.6 is 11.3 Å². The smallest absolute Gasteiger partial charge is 0.342 e. The molecule has 0 aliphatic rings. The molecule has 1 aromatic carbocycles. The zero-order chi connectivity index (χ0) is 21.0. The molecule has 1 heterocycles. The molecule has 0 spiro atoms. The number of anilines is 2. The number of carbonyl (C=O) groups excluding carboxylic acids is 3. The number of amides is 2. The average molecular weight is 403 g/mol. The fourth-order valence-electron chi connectivity index (χ4n) is 2.59. The molecule has 0 fully saturated rings. The normalized spacial score (nSPS) is 11.8. The molecule has 6 nitrogen and oxygen atoms in total. The first-order chi connectivity index (χ1) is 13.1. The lowest BCUT2D eigenvalue weighted by molar-refractivity contribution is -0.123. The molecular formula is C21H26N2O4S. The lowest BCUT2D eigenvalue weighted by Gasteiger charge is -2.15. The Bertz CT molecular complexity index is 885. The molecule has 0 aliphatic carbocycles. The highest BCUT2D eigenvalue weighted by molar-refractivity contribution is 7.16.